The third-order valence-corrected chi connectivity index (χ3v) is 6.36. The highest BCUT2D eigenvalue weighted by molar-refractivity contribution is 8.02. The van der Waals surface area contributed by atoms with Gasteiger partial charge in [0.25, 0.3) is 0 Å². The normalized spacial score (nSPS) is 17.3. The summed E-state index contributed by atoms with van der Waals surface area (Å²) < 4.78 is 0.863. The minimum absolute atomic E-state index is 0.148. The first-order valence-electron chi connectivity index (χ1n) is 8.97. The van der Waals surface area contributed by atoms with Crippen molar-refractivity contribution in [3.05, 3.63) is 0 Å². The fourth-order valence-corrected chi connectivity index (χ4v) is 5.28. The molecule has 1 unspecified atom stereocenters. The van der Waals surface area contributed by atoms with E-state index in [9.17, 15) is 4.79 Å². The fourth-order valence-electron chi connectivity index (χ4n) is 3.25. The lowest BCUT2D eigenvalue weighted by atomic mass is 9.96. The van der Waals surface area contributed by atoms with Crippen molar-refractivity contribution in [1.82, 2.24) is 15.1 Å². The van der Waals surface area contributed by atoms with Gasteiger partial charge in [0.2, 0.25) is 11.0 Å². The van der Waals surface area contributed by atoms with Gasteiger partial charge in [-0.15, -0.1) is 10.2 Å². The molecule has 0 bridgehead atoms. The van der Waals surface area contributed by atoms with Crippen molar-refractivity contribution in [2.75, 3.05) is 5.32 Å². The number of hydrogen-bond acceptors (Lipinski definition) is 6. The standard InChI is InChI=1S/C17H30N4OS2/c1-11(2)21(12(3)4)15(22)13(5)23-17-20-19-16(24-17)18-14-9-7-6-8-10-14/h11-14H,6-10H2,1-5H3,(H,18,19). The first-order valence-corrected chi connectivity index (χ1v) is 10.7. The Morgan fingerprint density at radius 2 is 1.75 bits per heavy atom. The van der Waals surface area contributed by atoms with Crippen LogP contribution in [0.15, 0.2) is 4.34 Å². The zero-order chi connectivity index (χ0) is 17.7. The summed E-state index contributed by atoms with van der Waals surface area (Å²) in [7, 11) is 0. The number of nitrogens with zero attached hydrogens (tertiary/aromatic N) is 3. The molecule has 1 N–H and O–H groups in total. The number of hydrogen-bond donors (Lipinski definition) is 1. The van der Waals surface area contributed by atoms with Gasteiger partial charge in [0.15, 0.2) is 4.34 Å². The average Bonchev–Trinajstić information content (AvgIpc) is 2.94. The molecule has 0 radical (unpaired) electrons. The van der Waals surface area contributed by atoms with Gasteiger partial charge >= 0.3 is 0 Å². The topological polar surface area (TPSA) is 58.1 Å². The first kappa shape index (κ1) is 19.5. The summed E-state index contributed by atoms with van der Waals surface area (Å²) in [6.45, 7) is 10.2. The van der Waals surface area contributed by atoms with Crippen molar-refractivity contribution < 1.29 is 4.79 Å². The molecule has 2 rings (SSSR count). The number of rotatable bonds is 7. The van der Waals surface area contributed by atoms with E-state index in [-0.39, 0.29) is 23.2 Å². The third kappa shape index (κ3) is 5.34. The van der Waals surface area contributed by atoms with Crippen LogP contribution in [-0.2, 0) is 4.79 Å². The smallest absolute Gasteiger partial charge is 0.236 e. The molecule has 136 valence electrons. The highest BCUT2D eigenvalue weighted by Gasteiger charge is 2.27. The zero-order valence-electron chi connectivity index (χ0n) is 15.4. The van der Waals surface area contributed by atoms with Gasteiger partial charge in [0.1, 0.15) is 0 Å². The molecular weight excluding hydrogens is 340 g/mol. The van der Waals surface area contributed by atoms with Crippen LogP contribution in [0.3, 0.4) is 0 Å². The quantitative estimate of drug-likeness (QED) is 0.721. The molecule has 0 aliphatic heterocycles. The molecule has 0 aromatic carbocycles. The Kier molecular flexibility index (Phi) is 7.34. The number of thioether (sulfide) groups is 1. The molecule has 1 aliphatic carbocycles. The van der Waals surface area contributed by atoms with Gasteiger partial charge in [0, 0.05) is 18.1 Å². The second-order valence-electron chi connectivity index (χ2n) is 7.05. The lowest BCUT2D eigenvalue weighted by Gasteiger charge is -2.32. The van der Waals surface area contributed by atoms with Crippen LogP contribution in [-0.4, -0.2) is 44.4 Å². The Bertz CT molecular complexity index is 518. The molecule has 1 heterocycles. The number of nitrogens with one attached hydrogen (secondary N) is 1. The van der Waals surface area contributed by atoms with Crippen LogP contribution < -0.4 is 5.32 Å². The largest absolute Gasteiger partial charge is 0.357 e. The SMILES string of the molecule is CC(Sc1nnc(NC2CCCCC2)s1)C(=O)N(C(C)C)C(C)C. The minimum Gasteiger partial charge on any atom is -0.357 e. The van der Waals surface area contributed by atoms with E-state index in [0.717, 1.165) is 9.47 Å². The van der Waals surface area contributed by atoms with Gasteiger partial charge in [0.05, 0.1) is 5.25 Å². The maximum absolute atomic E-state index is 12.7. The Hall–Kier alpha value is -0.820. The van der Waals surface area contributed by atoms with E-state index >= 15 is 0 Å². The van der Waals surface area contributed by atoms with Gasteiger partial charge < -0.3 is 10.2 Å². The number of aromatic nitrogens is 2. The number of amides is 1. The highest BCUT2D eigenvalue weighted by atomic mass is 32.2. The van der Waals surface area contributed by atoms with Crippen molar-refractivity contribution in [3.8, 4) is 0 Å². The number of carbonyl (C=O) groups is 1. The van der Waals surface area contributed by atoms with Crippen molar-refractivity contribution in [3.63, 3.8) is 0 Å². The Morgan fingerprint density at radius 1 is 1.12 bits per heavy atom. The number of anilines is 1. The first-order chi connectivity index (χ1) is 11.4. The second kappa shape index (κ2) is 9.04. The second-order valence-corrected chi connectivity index (χ2v) is 9.61. The maximum Gasteiger partial charge on any atom is 0.236 e. The van der Waals surface area contributed by atoms with Gasteiger partial charge in [-0.05, 0) is 47.5 Å². The zero-order valence-corrected chi connectivity index (χ0v) is 17.0. The molecule has 7 heteroatoms. The van der Waals surface area contributed by atoms with Crippen molar-refractivity contribution in [2.45, 2.75) is 94.4 Å². The summed E-state index contributed by atoms with van der Waals surface area (Å²) in [5.41, 5.74) is 0. The van der Waals surface area contributed by atoms with Crippen LogP contribution >= 0.6 is 23.1 Å². The Morgan fingerprint density at radius 3 is 2.33 bits per heavy atom. The summed E-state index contributed by atoms with van der Waals surface area (Å²) in [5.74, 6) is 0.169. The molecule has 0 saturated heterocycles. The summed E-state index contributed by atoms with van der Waals surface area (Å²) in [6.07, 6.45) is 6.37. The van der Waals surface area contributed by atoms with Crippen molar-refractivity contribution in [1.29, 1.82) is 0 Å². The maximum atomic E-state index is 12.7. The average molecular weight is 371 g/mol. The molecular formula is C17H30N4OS2. The van der Waals surface area contributed by atoms with Crippen LogP contribution in [0.4, 0.5) is 5.13 Å². The molecule has 1 fully saturated rings. The predicted octanol–water partition coefficient (Wildman–Crippen LogP) is 4.41. The number of carbonyl (C=O) groups excluding carboxylic acids is 1. The van der Waals surface area contributed by atoms with Gasteiger partial charge in [-0.1, -0.05) is 42.4 Å². The third-order valence-electron chi connectivity index (χ3n) is 4.33. The minimum atomic E-state index is -0.148. The molecule has 1 amide bonds. The van der Waals surface area contributed by atoms with Gasteiger partial charge in [-0.2, -0.15) is 0 Å². The monoisotopic (exact) mass is 370 g/mol. The van der Waals surface area contributed by atoms with Gasteiger partial charge in [-0.25, -0.2) is 0 Å². The van der Waals surface area contributed by atoms with Crippen LogP contribution in [0.25, 0.3) is 0 Å². The lowest BCUT2D eigenvalue weighted by Crippen LogP contribution is -2.45. The fraction of sp³-hybridized carbons (Fsp3) is 0.824. The van der Waals surface area contributed by atoms with E-state index in [4.69, 9.17) is 0 Å². The van der Waals surface area contributed by atoms with Crippen LogP contribution in [0.2, 0.25) is 0 Å². The van der Waals surface area contributed by atoms with E-state index in [0.29, 0.717) is 6.04 Å². The van der Waals surface area contributed by atoms with Crippen LogP contribution in [0, 0.1) is 0 Å². The van der Waals surface area contributed by atoms with E-state index < -0.39 is 0 Å². The van der Waals surface area contributed by atoms with Crippen LogP contribution in [0.5, 0.6) is 0 Å². The molecule has 24 heavy (non-hydrogen) atoms. The van der Waals surface area contributed by atoms with E-state index in [1.54, 1.807) is 11.3 Å². The molecule has 1 aliphatic rings. The Balaban J connectivity index is 1.91. The molecule has 1 aromatic heterocycles. The van der Waals surface area contributed by atoms with E-state index in [1.165, 1.54) is 43.9 Å². The summed E-state index contributed by atoms with van der Waals surface area (Å²) in [5, 5.41) is 12.7. The summed E-state index contributed by atoms with van der Waals surface area (Å²) in [6, 6.07) is 0.943. The van der Waals surface area contributed by atoms with E-state index in [1.807, 2.05) is 11.8 Å². The molecule has 1 saturated carbocycles. The molecule has 1 atom stereocenters. The van der Waals surface area contributed by atoms with E-state index in [2.05, 4.69) is 43.2 Å². The molecule has 5 nitrogen and oxygen atoms in total. The highest BCUT2D eigenvalue weighted by Crippen LogP contribution is 2.31. The molecule has 0 spiro atoms. The van der Waals surface area contributed by atoms with Gasteiger partial charge in [-0.3, -0.25) is 4.79 Å². The summed E-state index contributed by atoms with van der Waals surface area (Å²) >= 11 is 3.07. The predicted molar refractivity (Wildman–Crippen MR) is 103 cm³/mol. The Labute approximate surface area is 154 Å². The van der Waals surface area contributed by atoms with Crippen molar-refractivity contribution >= 4 is 34.1 Å². The molecule has 1 aromatic rings. The van der Waals surface area contributed by atoms with Crippen LogP contribution in [0.1, 0.15) is 66.7 Å². The van der Waals surface area contributed by atoms with Crippen molar-refractivity contribution in [2.24, 2.45) is 0 Å². The summed E-state index contributed by atoms with van der Waals surface area (Å²) in [4.78, 5) is 14.6. The lowest BCUT2D eigenvalue weighted by molar-refractivity contribution is -0.133.